The van der Waals surface area contributed by atoms with Gasteiger partial charge in [0.05, 0.1) is 11.0 Å². The Bertz CT molecular complexity index is 3680. The zero-order chi connectivity index (χ0) is 41.8. The summed E-state index contributed by atoms with van der Waals surface area (Å²) in [7, 11) is 0. The number of thiophene rings is 1. The fourth-order valence-corrected chi connectivity index (χ4v) is 13.5. The lowest BCUT2D eigenvalue weighted by molar-refractivity contribution is 0.590. The number of anilines is 2. The summed E-state index contributed by atoms with van der Waals surface area (Å²) in [6, 6.07) is 56.9. The van der Waals surface area contributed by atoms with E-state index in [-0.39, 0.29) is 23.1 Å². The zero-order valence-electron chi connectivity index (χ0n) is 36.2. The Morgan fingerprint density at radius 2 is 1.15 bits per heavy atom. The Morgan fingerprint density at radius 1 is 0.484 bits per heavy atom. The maximum Gasteiger partial charge on any atom is 0.333 e. The fourth-order valence-electron chi connectivity index (χ4n) is 12.4. The molecule has 2 aliphatic carbocycles. The lowest BCUT2D eigenvalue weighted by Gasteiger charge is -2.42. The average molecular weight is 813 g/mol. The molecule has 0 radical (unpaired) electrons. The lowest BCUT2D eigenvalue weighted by atomic mass is 9.44. The van der Waals surface area contributed by atoms with Gasteiger partial charge >= 0.3 is 6.85 Å². The van der Waals surface area contributed by atoms with E-state index in [4.69, 9.17) is 0 Å². The maximum atomic E-state index is 2.72. The van der Waals surface area contributed by atoms with E-state index in [9.17, 15) is 0 Å². The summed E-state index contributed by atoms with van der Waals surface area (Å²) >= 11 is 1.92. The van der Waals surface area contributed by atoms with Gasteiger partial charge in [0, 0.05) is 64.4 Å². The van der Waals surface area contributed by atoms with Crippen LogP contribution in [0.2, 0.25) is 0 Å². The van der Waals surface area contributed by atoms with Gasteiger partial charge in [-0.25, -0.2) is 0 Å². The molecule has 0 unspecified atom stereocenters. The van der Waals surface area contributed by atoms with Crippen LogP contribution in [0.25, 0.3) is 81.0 Å². The molecule has 0 spiro atoms. The summed E-state index contributed by atoms with van der Waals surface area (Å²) in [6.07, 6.45) is 0. The molecule has 4 heteroatoms. The largest absolute Gasteiger partial charge is 0.376 e. The van der Waals surface area contributed by atoms with Crippen molar-refractivity contribution in [1.82, 2.24) is 4.57 Å². The number of fused-ring (bicyclic) bond motifs is 17. The van der Waals surface area contributed by atoms with Crippen LogP contribution in [0.1, 0.15) is 76.3 Å². The van der Waals surface area contributed by atoms with Gasteiger partial charge in [0.15, 0.2) is 0 Å². The van der Waals surface area contributed by atoms with Crippen LogP contribution >= 0.6 is 11.3 Å². The summed E-state index contributed by atoms with van der Waals surface area (Å²) in [5, 5.41) is 5.33. The van der Waals surface area contributed by atoms with E-state index in [1.165, 1.54) is 131 Å². The normalized spacial score (nSPS) is 15.9. The Morgan fingerprint density at radius 3 is 1.87 bits per heavy atom. The van der Waals surface area contributed by atoms with Crippen LogP contribution in [0, 0.1) is 0 Å². The average Bonchev–Trinajstić information content (AvgIpc) is 3.94. The summed E-state index contributed by atoms with van der Waals surface area (Å²) in [6.45, 7) is 16.5. The molecule has 0 fully saturated rings. The van der Waals surface area contributed by atoms with Crippen molar-refractivity contribution in [2.24, 2.45) is 0 Å². The molecule has 4 heterocycles. The third-order valence-corrected chi connectivity index (χ3v) is 16.7. The SMILES string of the molecule is CC(C)(C)c1ccc(N2B3c4cc5sc6ccccc6c5cc4-n4c5cc6c(cc5c5ccc(c3c54)-c3cc4c(cc32)-c2ccccc2C4(C)C)C(C)(C)c2ccccc2-6)cc1. The minimum atomic E-state index is -0.115. The Kier molecular flexibility index (Phi) is 6.46. The zero-order valence-corrected chi connectivity index (χ0v) is 37.1. The quantitative estimate of drug-likeness (QED) is 0.150. The molecule has 2 aromatic heterocycles. The van der Waals surface area contributed by atoms with Gasteiger partial charge in [0.1, 0.15) is 0 Å². The summed E-state index contributed by atoms with van der Waals surface area (Å²) in [4.78, 5) is 2.72. The minimum Gasteiger partial charge on any atom is -0.376 e. The first kappa shape index (κ1) is 35.3. The second-order valence-electron chi connectivity index (χ2n) is 20.5. The van der Waals surface area contributed by atoms with E-state index in [2.05, 4.69) is 203 Å². The van der Waals surface area contributed by atoms with E-state index in [0.717, 1.165) is 0 Å². The first-order valence-corrected chi connectivity index (χ1v) is 23.1. The lowest BCUT2D eigenvalue weighted by Crippen LogP contribution is -2.60. The third-order valence-electron chi connectivity index (χ3n) is 15.5. The topological polar surface area (TPSA) is 8.17 Å². The monoisotopic (exact) mass is 812 g/mol. The number of benzene rings is 8. The van der Waals surface area contributed by atoms with Gasteiger partial charge in [-0.15, -0.1) is 11.3 Å². The smallest absolute Gasteiger partial charge is 0.333 e. The van der Waals surface area contributed by atoms with Crippen LogP contribution in [0.3, 0.4) is 0 Å². The molecule has 2 nitrogen and oxygen atoms in total. The van der Waals surface area contributed by atoms with Crippen LogP contribution in [0.5, 0.6) is 0 Å². The van der Waals surface area contributed by atoms with Gasteiger partial charge < -0.3 is 9.38 Å². The van der Waals surface area contributed by atoms with Crippen LogP contribution in [0.15, 0.2) is 146 Å². The van der Waals surface area contributed by atoms with Crippen molar-refractivity contribution in [2.45, 2.75) is 64.7 Å². The summed E-state index contributed by atoms with van der Waals surface area (Å²) < 4.78 is 5.35. The molecule has 0 bridgehead atoms. The van der Waals surface area contributed by atoms with Crippen LogP contribution in [-0.2, 0) is 16.2 Å². The number of hydrogen-bond donors (Lipinski definition) is 0. The minimum absolute atomic E-state index is 0.0465. The highest BCUT2D eigenvalue weighted by Crippen LogP contribution is 2.56. The number of aromatic nitrogens is 1. The molecular weight excluding hydrogens is 768 g/mol. The van der Waals surface area contributed by atoms with Crippen molar-refractivity contribution >= 4 is 82.5 Å². The second kappa shape index (κ2) is 11.4. The van der Waals surface area contributed by atoms with E-state index in [1.807, 2.05) is 11.3 Å². The van der Waals surface area contributed by atoms with Crippen molar-refractivity contribution < 1.29 is 0 Å². The first-order chi connectivity index (χ1) is 29.9. The Hall–Kier alpha value is -6.36. The predicted octanol–water partition coefficient (Wildman–Crippen LogP) is 14.3. The van der Waals surface area contributed by atoms with Gasteiger partial charge in [-0.2, -0.15) is 0 Å². The molecule has 62 heavy (non-hydrogen) atoms. The third kappa shape index (κ3) is 4.22. The van der Waals surface area contributed by atoms with Gasteiger partial charge in [0.25, 0.3) is 0 Å². The molecule has 296 valence electrons. The molecule has 14 rings (SSSR count). The van der Waals surface area contributed by atoms with E-state index >= 15 is 0 Å². The molecule has 8 aromatic carbocycles. The summed E-state index contributed by atoms with van der Waals surface area (Å²) in [5.41, 5.74) is 24.1. The maximum absolute atomic E-state index is 2.72. The number of rotatable bonds is 1. The van der Waals surface area contributed by atoms with Gasteiger partial charge in [-0.05, 0) is 127 Å². The molecule has 0 atom stereocenters. The molecule has 0 saturated heterocycles. The van der Waals surface area contributed by atoms with Crippen molar-refractivity contribution in [1.29, 1.82) is 0 Å². The van der Waals surface area contributed by atoms with Crippen LogP contribution in [0.4, 0.5) is 11.4 Å². The standard InChI is InChI=1S/C58H45BN2S/c1-56(2,3)32-20-22-33(23-21-32)61-50-29-40-35-15-9-12-18-45(35)57(4,5)46(40)26-41(50)37-24-25-38-42-27-47-39(34-14-8-11-17-44(34)58(47,6)7)28-49(42)60-51-30-43-36-16-10-13-19-52(36)62-53(43)31-48(51)59(61)54(37)55(38)60/h8-31H,1-7H3. The van der Waals surface area contributed by atoms with Crippen LogP contribution in [-0.4, -0.2) is 11.4 Å². The molecule has 0 N–H and O–H groups in total. The highest BCUT2D eigenvalue weighted by molar-refractivity contribution is 7.26. The Balaban J connectivity index is 1.15. The van der Waals surface area contributed by atoms with Crippen molar-refractivity contribution in [3.8, 4) is 39.1 Å². The van der Waals surface area contributed by atoms with E-state index in [1.54, 1.807) is 0 Å². The molecule has 2 aliphatic heterocycles. The molecule has 10 aromatic rings. The highest BCUT2D eigenvalue weighted by Gasteiger charge is 2.47. The Labute approximate surface area is 367 Å². The van der Waals surface area contributed by atoms with Crippen molar-refractivity contribution in [3.05, 3.63) is 173 Å². The van der Waals surface area contributed by atoms with Crippen LogP contribution < -0.4 is 15.7 Å². The van der Waals surface area contributed by atoms with Gasteiger partial charge in [-0.1, -0.05) is 139 Å². The summed E-state index contributed by atoms with van der Waals surface area (Å²) in [5.74, 6) is 0. The fraction of sp³-hybridized carbons (Fsp3) is 0.172. The second-order valence-corrected chi connectivity index (χ2v) is 21.6. The van der Waals surface area contributed by atoms with Gasteiger partial charge in [0.2, 0.25) is 0 Å². The van der Waals surface area contributed by atoms with E-state index in [0.29, 0.717) is 0 Å². The molecule has 4 aliphatic rings. The van der Waals surface area contributed by atoms with Crippen molar-refractivity contribution in [3.63, 3.8) is 0 Å². The number of hydrogen-bond acceptors (Lipinski definition) is 2. The number of nitrogens with zero attached hydrogens (tertiary/aromatic N) is 2. The van der Waals surface area contributed by atoms with Crippen molar-refractivity contribution in [2.75, 3.05) is 4.81 Å². The van der Waals surface area contributed by atoms with E-state index < -0.39 is 0 Å². The first-order valence-electron chi connectivity index (χ1n) is 22.3. The highest BCUT2D eigenvalue weighted by atomic mass is 32.1. The molecule has 0 saturated carbocycles. The predicted molar refractivity (Wildman–Crippen MR) is 267 cm³/mol. The van der Waals surface area contributed by atoms with Gasteiger partial charge in [-0.3, -0.25) is 0 Å². The molecular formula is C58H45BN2S. The molecule has 0 amide bonds.